The third-order valence-corrected chi connectivity index (χ3v) is 4.99. The van der Waals surface area contributed by atoms with Crippen molar-refractivity contribution in [3.63, 3.8) is 0 Å². The van der Waals surface area contributed by atoms with Crippen LogP contribution in [0.5, 0.6) is 11.5 Å². The summed E-state index contributed by atoms with van der Waals surface area (Å²) in [4.78, 5) is 24.8. The Labute approximate surface area is 156 Å². The minimum Gasteiger partial charge on any atom is -0.452 e. The van der Waals surface area contributed by atoms with Gasteiger partial charge >= 0.3 is 5.97 Å². The third-order valence-electron chi connectivity index (χ3n) is 4.99. The second kappa shape index (κ2) is 7.35. The Morgan fingerprint density at radius 1 is 1.11 bits per heavy atom. The molecule has 4 nitrogen and oxygen atoms in total. The smallest absolute Gasteiger partial charge is 0.314 e. The van der Waals surface area contributed by atoms with Crippen LogP contribution in [-0.2, 0) is 4.79 Å². The van der Waals surface area contributed by atoms with Crippen molar-refractivity contribution >= 4 is 17.8 Å². The molecule has 138 valence electrons. The summed E-state index contributed by atoms with van der Waals surface area (Å²) in [6.07, 6.45) is 6.35. The zero-order valence-electron chi connectivity index (χ0n) is 14.7. The first kappa shape index (κ1) is 17.5. The zero-order valence-corrected chi connectivity index (χ0v) is 14.7. The van der Waals surface area contributed by atoms with Gasteiger partial charge < -0.3 is 9.47 Å². The molecule has 1 saturated carbocycles. The van der Waals surface area contributed by atoms with Crippen LogP contribution in [0, 0.1) is 11.7 Å². The van der Waals surface area contributed by atoms with Crippen LogP contribution in [0.1, 0.15) is 48.0 Å². The molecule has 0 amide bonds. The first-order chi connectivity index (χ1) is 13.1. The molecule has 0 saturated heterocycles. The Morgan fingerprint density at radius 2 is 1.89 bits per heavy atom. The van der Waals surface area contributed by atoms with E-state index in [0.29, 0.717) is 17.1 Å². The number of ketones is 1. The Morgan fingerprint density at radius 3 is 2.67 bits per heavy atom. The van der Waals surface area contributed by atoms with Crippen molar-refractivity contribution in [3.05, 3.63) is 65.2 Å². The van der Waals surface area contributed by atoms with E-state index in [2.05, 4.69) is 0 Å². The van der Waals surface area contributed by atoms with Gasteiger partial charge in [0.05, 0.1) is 11.5 Å². The molecule has 0 radical (unpaired) electrons. The minimum atomic E-state index is -0.431. The maximum Gasteiger partial charge on any atom is 0.314 e. The first-order valence-electron chi connectivity index (χ1n) is 9.16. The SMILES string of the molecule is O=C1C(=Cc2ccccc2F)Oc2cc(OC(=O)C3CCCCC3)ccc21. The van der Waals surface area contributed by atoms with Crippen LogP contribution in [-0.4, -0.2) is 11.8 Å². The molecular formula is C22H19FO4. The van der Waals surface area contributed by atoms with Crippen molar-refractivity contribution in [2.75, 3.05) is 0 Å². The summed E-state index contributed by atoms with van der Waals surface area (Å²) in [6, 6.07) is 10.9. The average Bonchev–Trinajstić information content (AvgIpc) is 2.99. The van der Waals surface area contributed by atoms with Crippen LogP contribution in [0.3, 0.4) is 0 Å². The summed E-state index contributed by atoms with van der Waals surface area (Å²) < 4.78 is 24.9. The summed E-state index contributed by atoms with van der Waals surface area (Å²) in [5.41, 5.74) is 0.646. The van der Waals surface area contributed by atoms with Crippen molar-refractivity contribution in [1.29, 1.82) is 0 Å². The van der Waals surface area contributed by atoms with E-state index in [1.54, 1.807) is 30.3 Å². The predicted molar refractivity (Wildman–Crippen MR) is 98.0 cm³/mol. The fourth-order valence-corrected chi connectivity index (χ4v) is 3.50. The third kappa shape index (κ3) is 3.63. The molecule has 2 aliphatic rings. The van der Waals surface area contributed by atoms with E-state index >= 15 is 0 Å². The van der Waals surface area contributed by atoms with Crippen LogP contribution in [0.25, 0.3) is 6.08 Å². The molecule has 1 heterocycles. The summed E-state index contributed by atoms with van der Waals surface area (Å²) >= 11 is 0. The topological polar surface area (TPSA) is 52.6 Å². The summed E-state index contributed by atoms with van der Waals surface area (Å²) in [5, 5.41) is 0. The molecule has 2 aromatic carbocycles. The highest BCUT2D eigenvalue weighted by molar-refractivity contribution is 6.14. The van der Waals surface area contributed by atoms with E-state index in [9.17, 15) is 14.0 Å². The molecule has 0 bridgehead atoms. The van der Waals surface area contributed by atoms with Gasteiger partial charge in [0.2, 0.25) is 5.78 Å². The molecule has 0 spiro atoms. The summed E-state index contributed by atoms with van der Waals surface area (Å²) in [6.45, 7) is 0. The van der Waals surface area contributed by atoms with Crippen LogP contribution in [0.2, 0.25) is 0 Å². The van der Waals surface area contributed by atoms with Crippen LogP contribution in [0.4, 0.5) is 4.39 Å². The summed E-state index contributed by atoms with van der Waals surface area (Å²) in [5.74, 6) is -0.336. The van der Waals surface area contributed by atoms with E-state index in [0.717, 1.165) is 32.1 Å². The van der Waals surface area contributed by atoms with Crippen molar-refractivity contribution in [3.8, 4) is 11.5 Å². The molecule has 27 heavy (non-hydrogen) atoms. The second-order valence-electron chi connectivity index (χ2n) is 6.88. The lowest BCUT2D eigenvalue weighted by molar-refractivity contribution is -0.139. The number of rotatable bonds is 3. The Hall–Kier alpha value is -2.95. The van der Waals surface area contributed by atoms with E-state index in [1.165, 1.54) is 18.2 Å². The molecule has 1 aliphatic carbocycles. The highest BCUT2D eigenvalue weighted by Gasteiger charge is 2.29. The minimum absolute atomic E-state index is 0.0471. The van der Waals surface area contributed by atoms with Gasteiger partial charge in [0.15, 0.2) is 5.76 Å². The molecule has 0 N–H and O–H groups in total. The van der Waals surface area contributed by atoms with E-state index in [4.69, 9.17) is 9.47 Å². The van der Waals surface area contributed by atoms with Crippen molar-refractivity contribution in [2.24, 2.45) is 5.92 Å². The van der Waals surface area contributed by atoms with Gasteiger partial charge in [-0.2, -0.15) is 0 Å². The number of ether oxygens (including phenoxy) is 2. The van der Waals surface area contributed by atoms with Gasteiger partial charge in [-0.3, -0.25) is 9.59 Å². The number of benzene rings is 2. The normalized spacial score (nSPS) is 18.3. The highest BCUT2D eigenvalue weighted by atomic mass is 19.1. The van der Waals surface area contributed by atoms with Gasteiger partial charge in [-0.25, -0.2) is 4.39 Å². The maximum absolute atomic E-state index is 13.8. The Kier molecular flexibility index (Phi) is 4.75. The fraction of sp³-hybridized carbons (Fsp3) is 0.273. The number of hydrogen-bond donors (Lipinski definition) is 0. The van der Waals surface area contributed by atoms with Crippen molar-refractivity contribution in [2.45, 2.75) is 32.1 Å². The van der Waals surface area contributed by atoms with Gasteiger partial charge in [-0.05, 0) is 37.1 Å². The largest absolute Gasteiger partial charge is 0.452 e. The molecule has 5 heteroatoms. The first-order valence-corrected chi connectivity index (χ1v) is 9.16. The Bertz CT molecular complexity index is 926. The molecular weight excluding hydrogens is 347 g/mol. The number of Topliss-reactive ketones (excluding diaryl/α,β-unsaturated/α-hetero) is 1. The van der Waals surface area contributed by atoms with Crippen LogP contribution < -0.4 is 9.47 Å². The Balaban J connectivity index is 1.52. The monoisotopic (exact) mass is 366 g/mol. The van der Waals surface area contributed by atoms with Gasteiger partial charge in [0.25, 0.3) is 0 Å². The van der Waals surface area contributed by atoms with Gasteiger partial charge in [0, 0.05) is 11.6 Å². The quantitative estimate of drug-likeness (QED) is 0.439. The molecule has 0 aromatic heterocycles. The lowest BCUT2D eigenvalue weighted by Gasteiger charge is -2.19. The fourth-order valence-electron chi connectivity index (χ4n) is 3.50. The van der Waals surface area contributed by atoms with Gasteiger partial charge in [-0.1, -0.05) is 37.5 Å². The molecule has 4 rings (SSSR count). The molecule has 1 aliphatic heterocycles. The van der Waals surface area contributed by atoms with Crippen LogP contribution in [0.15, 0.2) is 48.2 Å². The van der Waals surface area contributed by atoms with E-state index < -0.39 is 5.82 Å². The number of carbonyl (C=O) groups is 2. The van der Waals surface area contributed by atoms with Crippen LogP contribution >= 0.6 is 0 Å². The number of hydrogen-bond acceptors (Lipinski definition) is 4. The lowest BCUT2D eigenvalue weighted by Crippen LogP contribution is -2.22. The lowest BCUT2D eigenvalue weighted by atomic mass is 9.89. The average molecular weight is 366 g/mol. The second-order valence-corrected chi connectivity index (χ2v) is 6.88. The standard InChI is InChI=1S/C22H19FO4/c23-18-9-5-4-8-15(18)12-20-21(24)17-11-10-16(13-19(17)27-20)26-22(25)14-6-2-1-3-7-14/h4-5,8-14H,1-3,6-7H2. The number of halogens is 1. The van der Waals surface area contributed by atoms with Crippen molar-refractivity contribution in [1.82, 2.24) is 0 Å². The predicted octanol–water partition coefficient (Wildman–Crippen LogP) is 4.93. The van der Waals surface area contributed by atoms with Crippen molar-refractivity contribution < 1.29 is 23.5 Å². The number of fused-ring (bicyclic) bond motifs is 1. The molecule has 2 aromatic rings. The molecule has 0 atom stereocenters. The molecule has 1 fully saturated rings. The van der Waals surface area contributed by atoms with Gasteiger partial charge in [-0.15, -0.1) is 0 Å². The zero-order chi connectivity index (χ0) is 18.8. The van der Waals surface area contributed by atoms with E-state index in [1.807, 2.05) is 0 Å². The van der Waals surface area contributed by atoms with Gasteiger partial charge in [0.1, 0.15) is 17.3 Å². The molecule has 0 unspecified atom stereocenters. The number of esters is 1. The van der Waals surface area contributed by atoms with E-state index in [-0.39, 0.29) is 29.0 Å². The maximum atomic E-state index is 13.8. The highest BCUT2D eigenvalue weighted by Crippen LogP contribution is 2.35. The summed E-state index contributed by atoms with van der Waals surface area (Å²) in [7, 11) is 0. The number of allylic oxidation sites excluding steroid dienone is 1. The number of carbonyl (C=O) groups excluding carboxylic acids is 2.